The lowest BCUT2D eigenvalue weighted by Gasteiger charge is -2.31. The molecule has 0 aliphatic heterocycles. The van der Waals surface area contributed by atoms with E-state index < -0.39 is 28.1 Å². The molecule has 0 aliphatic carbocycles. The van der Waals surface area contributed by atoms with Crippen LogP contribution in [-0.2, 0) is 26.8 Å². The number of aliphatic hydroxyl groups is 1. The fraction of sp³-hybridized carbons (Fsp3) is 0.405. The summed E-state index contributed by atoms with van der Waals surface area (Å²) in [6.07, 6.45) is 0.841. The van der Waals surface area contributed by atoms with E-state index in [0.29, 0.717) is 12.2 Å². The maximum atomic E-state index is 14.0. The molecule has 4 rings (SSSR count). The third kappa shape index (κ3) is 9.31. The Kier molecular flexibility index (Phi) is 11.7. The van der Waals surface area contributed by atoms with Gasteiger partial charge in [0.05, 0.1) is 28.3 Å². The quantitative estimate of drug-likeness (QED) is 0.179. The SMILES string of the molecule is Cc1cccc(C)c1OCC(=O)N[C@@H](Cc1ccccc1)[C@H](O)CN(CC(C)C)S(=O)(=O)c1ccc(-c2ccnn2C(C)(C)C)cc1. The van der Waals surface area contributed by atoms with Gasteiger partial charge >= 0.3 is 0 Å². The van der Waals surface area contributed by atoms with E-state index in [4.69, 9.17) is 4.74 Å². The first-order valence-electron chi connectivity index (χ1n) is 16.0. The van der Waals surface area contributed by atoms with E-state index in [9.17, 15) is 18.3 Å². The average Bonchev–Trinajstić information content (AvgIpc) is 3.52. The van der Waals surface area contributed by atoms with Crippen LogP contribution in [0.25, 0.3) is 11.3 Å². The fourth-order valence-corrected chi connectivity index (χ4v) is 7.20. The highest BCUT2D eigenvalue weighted by Gasteiger charge is 2.31. The molecule has 1 heterocycles. The molecule has 0 bridgehead atoms. The lowest BCUT2D eigenvalue weighted by atomic mass is 10.0. The molecule has 2 N–H and O–H groups in total. The molecule has 0 fully saturated rings. The van der Waals surface area contributed by atoms with Gasteiger partial charge in [-0.05, 0) is 87.4 Å². The molecule has 47 heavy (non-hydrogen) atoms. The number of aromatic nitrogens is 2. The molecule has 1 aromatic heterocycles. The molecule has 0 saturated carbocycles. The summed E-state index contributed by atoms with van der Waals surface area (Å²) in [5.74, 6) is 0.229. The monoisotopic (exact) mass is 660 g/mol. The summed E-state index contributed by atoms with van der Waals surface area (Å²) in [4.78, 5) is 13.3. The van der Waals surface area contributed by atoms with Crippen LogP contribution < -0.4 is 10.1 Å². The molecule has 3 aromatic carbocycles. The Balaban J connectivity index is 1.55. The topological polar surface area (TPSA) is 114 Å². The molecule has 2 atom stereocenters. The maximum Gasteiger partial charge on any atom is 0.258 e. The summed E-state index contributed by atoms with van der Waals surface area (Å²) < 4.78 is 37.2. The maximum absolute atomic E-state index is 14.0. The standard InChI is InChI=1S/C37H48N4O5S/c1-26(2)23-40(47(44,45)31-18-16-30(17-19-31)33-20-21-38-41(33)37(5,6)7)24-34(42)32(22-29-14-9-8-10-15-29)39-35(43)25-46-36-27(3)12-11-13-28(36)4/h8-21,26,32,34,42H,22-25H2,1-7H3,(H,39,43)/t32-,34+/m0/s1. The third-order valence-corrected chi connectivity index (χ3v) is 9.74. The van der Waals surface area contributed by atoms with E-state index in [1.807, 2.05) is 87.0 Å². The Bertz CT molecular complexity index is 1710. The molecule has 10 heteroatoms. The second kappa shape index (κ2) is 15.3. The Labute approximate surface area is 279 Å². The van der Waals surface area contributed by atoms with Crippen molar-refractivity contribution in [3.63, 3.8) is 0 Å². The van der Waals surface area contributed by atoms with Crippen LogP contribution in [0, 0.1) is 19.8 Å². The number of aryl methyl sites for hydroxylation is 2. The summed E-state index contributed by atoms with van der Waals surface area (Å²) in [5.41, 5.74) is 4.22. The lowest BCUT2D eigenvalue weighted by molar-refractivity contribution is -0.124. The molecule has 0 radical (unpaired) electrons. The highest BCUT2D eigenvalue weighted by atomic mass is 32.2. The summed E-state index contributed by atoms with van der Waals surface area (Å²) in [6, 6.07) is 23.2. The van der Waals surface area contributed by atoms with Gasteiger partial charge in [0, 0.05) is 19.3 Å². The highest BCUT2D eigenvalue weighted by molar-refractivity contribution is 7.89. The zero-order valence-corrected chi connectivity index (χ0v) is 29.3. The van der Waals surface area contributed by atoms with Crippen LogP contribution >= 0.6 is 0 Å². The number of ether oxygens (including phenoxy) is 1. The smallest absolute Gasteiger partial charge is 0.258 e. The average molecular weight is 661 g/mol. The molecule has 252 valence electrons. The number of rotatable bonds is 14. The van der Waals surface area contributed by atoms with Crippen molar-refractivity contribution in [3.05, 3.63) is 102 Å². The van der Waals surface area contributed by atoms with Crippen LogP contribution in [0.15, 0.2) is 90.0 Å². The van der Waals surface area contributed by atoms with E-state index in [0.717, 1.165) is 27.9 Å². The summed E-state index contributed by atoms with van der Waals surface area (Å²) >= 11 is 0. The van der Waals surface area contributed by atoms with E-state index in [-0.39, 0.29) is 36.0 Å². The van der Waals surface area contributed by atoms with Crippen LogP contribution in [0.3, 0.4) is 0 Å². The molecule has 0 unspecified atom stereocenters. The van der Waals surface area contributed by atoms with Gasteiger partial charge < -0.3 is 15.2 Å². The number of carbonyl (C=O) groups is 1. The van der Waals surface area contributed by atoms with Gasteiger partial charge in [0.15, 0.2) is 6.61 Å². The zero-order chi connectivity index (χ0) is 34.4. The largest absolute Gasteiger partial charge is 0.483 e. The van der Waals surface area contributed by atoms with Gasteiger partial charge in [0.25, 0.3) is 5.91 Å². The number of amides is 1. The number of hydrogen-bond donors (Lipinski definition) is 2. The van der Waals surface area contributed by atoms with Gasteiger partial charge in [0.1, 0.15) is 5.75 Å². The first-order valence-corrected chi connectivity index (χ1v) is 17.5. The summed E-state index contributed by atoms with van der Waals surface area (Å²) in [5, 5.41) is 19.0. The van der Waals surface area contributed by atoms with Crippen LogP contribution in [-0.4, -0.2) is 65.4 Å². The van der Waals surface area contributed by atoms with E-state index in [1.54, 1.807) is 30.5 Å². The van der Waals surface area contributed by atoms with Crippen molar-refractivity contribution in [1.82, 2.24) is 19.4 Å². The van der Waals surface area contributed by atoms with Gasteiger partial charge in [-0.2, -0.15) is 9.40 Å². The van der Waals surface area contributed by atoms with Crippen LogP contribution in [0.4, 0.5) is 0 Å². The minimum atomic E-state index is -3.99. The van der Waals surface area contributed by atoms with Gasteiger partial charge in [-0.3, -0.25) is 9.48 Å². The van der Waals surface area contributed by atoms with Crippen LogP contribution in [0.1, 0.15) is 51.3 Å². The van der Waals surface area contributed by atoms with Crippen molar-refractivity contribution in [2.75, 3.05) is 19.7 Å². The normalized spacial score (nSPS) is 13.5. The third-order valence-electron chi connectivity index (χ3n) is 7.89. The van der Waals surface area contributed by atoms with E-state index >= 15 is 0 Å². The summed E-state index contributed by atoms with van der Waals surface area (Å²) in [6.45, 7) is 13.6. The number of para-hydroxylation sites is 1. The second-order valence-corrected chi connectivity index (χ2v) is 15.4. The number of nitrogens with one attached hydrogen (secondary N) is 1. The Hall–Kier alpha value is -3.99. The minimum absolute atomic E-state index is 0.00898. The zero-order valence-electron chi connectivity index (χ0n) is 28.5. The van der Waals surface area contributed by atoms with E-state index in [2.05, 4.69) is 31.2 Å². The van der Waals surface area contributed by atoms with Crippen molar-refractivity contribution in [3.8, 4) is 17.0 Å². The van der Waals surface area contributed by atoms with Crippen molar-refractivity contribution >= 4 is 15.9 Å². The first-order chi connectivity index (χ1) is 22.2. The van der Waals surface area contributed by atoms with Crippen LogP contribution in [0.5, 0.6) is 5.75 Å². The second-order valence-electron chi connectivity index (χ2n) is 13.5. The van der Waals surface area contributed by atoms with Crippen LogP contribution in [0.2, 0.25) is 0 Å². The number of carbonyl (C=O) groups excluding carboxylic acids is 1. The molecule has 1 amide bonds. The number of sulfonamides is 1. The van der Waals surface area contributed by atoms with Gasteiger partial charge in [-0.15, -0.1) is 0 Å². The minimum Gasteiger partial charge on any atom is -0.483 e. The molecule has 9 nitrogen and oxygen atoms in total. The molecule has 0 aliphatic rings. The molecule has 0 saturated heterocycles. The number of aliphatic hydroxyl groups excluding tert-OH is 1. The van der Waals surface area contributed by atoms with Crippen molar-refractivity contribution < 1.29 is 23.1 Å². The van der Waals surface area contributed by atoms with Gasteiger partial charge in [0.2, 0.25) is 10.0 Å². The Morgan fingerprint density at radius 1 is 0.936 bits per heavy atom. The van der Waals surface area contributed by atoms with Crippen molar-refractivity contribution in [2.45, 2.75) is 77.5 Å². The first kappa shape index (κ1) is 35.9. The number of benzene rings is 3. The van der Waals surface area contributed by atoms with Gasteiger partial charge in [-0.1, -0.05) is 74.5 Å². The molecular weight excluding hydrogens is 612 g/mol. The van der Waals surface area contributed by atoms with Crippen molar-refractivity contribution in [2.24, 2.45) is 5.92 Å². The number of nitrogens with zero attached hydrogens (tertiary/aromatic N) is 3. The molecule has 0 spiro atoms. The highest BCUT2D eigenvalue weighted by Crippen LogP contribution is 2.28. The predicted octanol–water partition coefficient (Wildman–Crippen LogP) is 5.74. The summed E-state index contributed by atoms with van der Waals surface area (Å²) in [7, 11) is -3.99. The Morgan fingerprint density at radius 2 is 1.57 bits per heavy atom. The lowest BCUT2D eigenvalue weighted by Crippen LogP contribution is -2.52. The number of hydrogen-bond acceptors (Lipinski definition) is 6. The van der Waals surface area contributed by atoms with Gasteiger partial charge in [-0.25, -0.2) is 8.42 Å². The fourth-order valence-electron chi connectivity index (χ4n) is 5.58. The molecule has 4 aromatic rings. The Morgan fingerprint density at radius 3 is 2.17 bits per heavy atom. The molecular formula is C37H48N4O5S. The predicted molar refractivity (Wildman–Crippen MR) is 186 cm³/mol. The van der Waals surface area contributed by atoms with E-state index in [1.165, 1.54) is 4.31 Å². The van der Waals surface area contributed by atoms with Crippen molar-refractivity contribution in [1.29, 1.82) is 0 Å².